The van der Waals surface area contributed by atoms with Gasteiger partial charge in [-0.2, -0.15) is 0 Å². The Labute approximate surface area is 102 Å². The second kappa shape index (κ2) is 5.70. The van der Waals surface area contributed by atoms with Crippen LogP contribution in [0.5, 0.6) is 5.75 Å². The van der Waals surface area contributed by atoms with Gasteiger partial charge < -0.3 is 14.9 Å². The molecule has 0 bridgehead atoms. The van der Waals surface area contributed by atoms with Crippen LogP contribution in [0.3, 0.4) is 0 Å². The fraction of sp³-hybridized carbons (Fsp3) is 0.400. The first-order valence-electron chi connectivity index (χ1n) is 4.35. The number of aliphatic hydroxyl groups is 2. The first kappa shape index (κ1) is 12.8. The van der Waals surface area contributed by atoms with Gasteiger partial charge in [0, 0.05) is 15.9 Å². The first-order chi connectivity index (χ1) is 7.10. The molecular formula is C10H12BrClO3. The molecule has 0 saturated heterocycles. The quantitative estimate of drug-likeness (QED) is 0.837. The van der Waals surface area contributed by atoms with E-state index < -0.39 is 12.2 Å². The van der Waals surface area contributed by atoms with Crippen molar-refractivity contribution < 1.29 is 14.9 Å². The minimum absolute atomic E-state index is 0.292. The molecule has 84 valence electrons. The SMILES string of the molecule is COc1cc(Cl)ccc1C(O)C(O)CBr. The number of ether oxygens (including phenoxy) is 1. The lowest BCUT2D eigenvalue weighted by atomic mass is 10.0. The number of methoxy groups -OCH3 is 1. The molecule has 2 atom stereocenters. The van der Waals surface area contributed by atoms with Gasteiger partial charge in [-0.3, -0.25) is 0 Å². The molecule has 0 aliphatic carbocycles. The van der Waals surface area contributed by atoms with Crippen LogP contribution < -0.4 is 4.74 Å². The summed E-state index contributed by atoms with van der Waals surface area (Å²) in [5.41, 5.74) is 0.522. The van der Waals surface area contributed by atoms with Gasteiger partial charge in [0.2, 0.25) is 0 Å². The largest absolute Gasteiger partial charge is 0.496 e. The topological polar surface area (TPSA) is 49.7 Å². The van der Waals surface area contributed by atoms with Gasteiger partial charge in [-0.25, -0.2) is 0 Å². The van der Waals surface area contributed by atoms with Crippen LogP contribution in [-0.2, 0) is 0 Å². The van der Waals surface area contributed by atoms with Gasteiger partial charge in [0.1, 0.15) is 11.9 Å². The summed E-state index contributed by atoms with van der Waals surface area (Å²) in [5, 5.41) is 20.1. The molecule has 0 amide bonds. The number of rotatable bonds is 4. The van der Waals surface area contributed by atoms with Gasteiger partial charge in [-0.1, -0.05) is 33.6 Å². The average Bonchev–Trinajstić information content (AvgIpc) is 2.26. The number of aliphatic hydroxyl groups excluding tert-OH is 2. The van der Waals surface area contributed by atoms with E-state index in [1.165, 1.54) is 7.11 Å². The van der Waals surface area contributed by atoms with Crippen LogP contribution in [0.2, 0.25) is 5.02 Å². The third-order valence-electron chi connectivity index (χ3n) is 2.04. The Kier molecular flexibility index (Phi) is 4.86. The van der Waals surface area contributed by atoms with Crippen molar-refractivity contribution in [2.75, 3.05) is 12.4 Å². The van der Waals surface area contributed by atoms with E-state index in [0.29, 0.717) is 21.7 Å². The van der Waals surface area contributed by atoms with Crippen LogP contribution in [0.4, 0.5) is 0 Å². The van der Waals surface area contributed by atoms with Crippen molar-refractivity contribution >= 4 is 27.5 Å². The molecule has 15 heavy (non-hydrogen) atoms. The van der Waals surface area contributed by atoms with E-state index in [9.17, 15) is 10.2 Å². The lowest BCUT2D eigenvalue weighted by molar-refractivity contribution is 0.0327. The monoisotopic (exact) mass is 294 g/mol. The van der Waals surface area contributed by atoms with Gasteiger partial charge in [0.25, 0.3) is 0 Å². The maximum atomic E-state index is 9.79. The van der Waals surface area contributed by atoms with Crippen LogP contribution in [0.15, 0.2) is 18.2 Å². The van der Waals surface area contributed by atoms with Crippen molar-refractivity contribution in [3.63, 3.8) is 0 Å². The summed E-state index contributed by atoms with van der Waals surface area (Å²) in [4.78, 5) is 0. The number of alkyl halides is 1. The van der Waals surface area contributed by atoms with Crippen LogP contribution in [0.25, 0.3) is 0 Å². The van der Waals surface area contributed by atoms with Gasteiger partial charge in [-0.05, 0) is 12.1 Å². The van der Waals surface area contributed by atoms with Crippen molar-refractivity contribution in [1.82, 2.24) is 0 Å². The summed E-state index contributed by atoms with van der Waals surface area (Å²) in [7, 11) is 1.49. The molecule has 1 rings (SSSR count). The van der Waals surface area contributed by atoms with E-state index in [2.05, 4.69) is 15.9 Å². The molecule has 0 aliphatic heterocycles. The molecule has 1 aromatic rings. The highest BCUT2D eigenvalue weighted by molar-refractivity contribution is 9.09. The second-order valence-electron chi connectivity index (χ2n) is 3.05. The smallest absolute Gasteiger partial charge is 0.126 e. The Morgan fingerprint density at radius 2 is 2.13 bits per heavy atom. The molecule has 0 fully saturated rings. The molecule has 0 heterocycles. The zero-order valence-electron chi connectivity index (χ0n) is 8.15. The normalized spacial score (nSPS) is 14.7. The highest BCUT2D eigenvalue weighted by Gasteiger charge is 2.20. The van der Waals surface area contributed by atoms with Gasteiger partial charge in [-0.15, -0.1) is 0 Å². The maximum Gasteiger partial charge on any atom is 0.126 e. The summed E-state index contributed by atoms with van der Waals surface area (Å²) < 4.78 is 5.07. The van der Waals surface area contributed by atoms with Crippen molar-refractivity contribution in [2.45, 2.75) is 12.2 Å². The van der Waals surface area contributed by atoms with Crippen LogP contribution in [0.1, 0.15) is 11.7 Å². The van der Waals surface area contributed by atoms with Gasteiger partial charge in [0.15, 0.2) is 0 Å². The van der Waals surface area contributed by atoms with E-state index in [0.717, 1.165) is 0 Å². The fourth-order valence-electron chi connectivity index (χ4n) is 1.22. The Morgan fingerprint density at radius 1 is 1.47 bits per heavy atom. The van der Waals surface area contributed by atoms with Crippen molar-refractivity contribution in [1.29, 1.82) is 0 Å². The fourth-order valence-corrected chi connectivity index (χ4v) is 1.74. The molecular weight excluding hydrogens is 283 g/mol. The number of hydrogen-bond acceptors (Lipinski definition) is 3. The Hall–Kier alpha value is -0.290. The molecule has 0 spiro atoms. The van der Waals surface area contributed by atoms with Crippen LogP contribution in [0, 0.1) is 0 Å². The third-order valence-corrected chi connectivity index (χ3v) is 2.94. The predicted octanol–water partition coefficient (Wildman–Crippen LogP) is 2.14. The van der Waals surface area contributed by atoms with E-state index >= 15 is 0 Å². The first-order valence-corrected chi connectivity index (χ1v) is 5.85. The minimum Gasteiger partial charge on any atom is -0.496 e. The molecule has 1 aromatic carbocycles. The molecule has 5 heteroatoms. The number of halogens is 2. The molecule has 0 saturated carbocycles. The van der Waals surface area contributed by atoms with E-state index in [1.54, 1.807) is 18.2 Å². The van der Waals surface area contributed by atoms with E-state index in [4.69, 9.17) is 16.3 Å². The maximum absolute atomic E-state index is 9.79. The Morgan fingerprint density at radius 3 is 2.67 bits per heavy atom. The summed E-state index contributed by atoms with van der Waals surface area (Å²) in [6.07, 6.45) is -1.86. The number of benzene rings is 1. The predicted molar refractivity (Wildman–Crippen MR) is 62.8 cm³/mol. The lowest BCUT2D eigenvalue weighted by Crippen LogP contribution is -2.20. The van der Waals surface area contributed by atoms with Gasteiger partial charge in [0.05, 0.1) is 13.2 Å². The van der Waals surface area contributed by atoms with Crippen LogP contribution in [-0.4, -0.2) is 28.8 Å². The standard InChI is InChI=1S/C10H12BrClO3/c1-15-9-4-6(12)2-3-7(9)10(14)8(13)5-11/h2-4,8,10,13-14H,5H2,1H3. The molecule has 0 aromatic heterocycles. The highest BCUT2D eigenvalue weighted by Crippen LogP contribution is 2.30. The molecule has 3 nitrogen and oxygen atoms in total. The van der Waals surface area contributed by atoms with Crippen molar-refractivity contribution in [3.05, 3.63) is 28.8 Å². The average molecular weight is 296 g/mol. The molecule has 2 N–H and O–H groups in total. The zero-order chi connectivity index (χ0) is 11.4. The second-order valence-corrected chi connectivity index (χ2v) is 4.14. The van der Waals surface area contributed by atoms with Gasteiger partial charge >= 0.3 is 0 Å². The van der Waals surface area contributed by atoms with Crippen molar-refractivity contribution in [2.24, 2.45) is 0 Å². The summed E-state index contributed by atoms with van der Waals surface area (Å²) >= 11 is 8.88. The van der Waals surface area contributed by atoms with E-state index in [-0.39, 0.29) is 0 Å². The lowest BCUT2D eigenvalue weighted by Gasteiger charge is -2.18. The molecule has 0 aliphatic rings. The third kappa shape index (κ3) is 3.08. The molecule has 0 radical (unpaired) electrons. The zero-order valence-corrected chi connectivity index (χ0v) is 10.5. The Bertz CT molecular complexity index is 332. The summed E-state index contributed by atoms with van der Waals surface area (Å²) in [6.45, 7) is 0. The number of hydrogen-bond donors (Lipinski definition) is 2. The van der Waals surface area contributed by atoms with Crippen molar-refractivity contribution in [3.8, 4) is 5.75 Å². The Balaban J connectivity index is 3.02. The molecule has 2 unspecified atom stereocenters. The highest BCUT2D eigenvalue weighted by atomic mass is 79.9. The summed E-state index contributed by atoms with van der Waals surface area (Å²) in [6, 6.07) is 4.88. The van der Waals surface area contributed by atoms with Crippen LogP contribution >= 0.6 is 27.5 Å². The van der Waals surface area contributed by atoms with E-state index in [1.807, 2.05) is 0 Å². The summed E-state index contributed by atoms with van der Waals surface area (Å²) in [5.74, 6) is 0.468. The minimum atomic E-state index is -0.989.